The summed E-state index contributed by atoms with van der Waals surface area (Å²) in [4.78, 5) is 0. The van der Waals surface area contributed by atoms with Crippen molar-refractivity contribution in [3.05, 3.63) is 17.0 Å². The maximum atomic E-state index is 11.9. The molecule has 1 aromatic rings. The van der Waals surface area contributed by atoms with Crippen molar-refractivity contribution in [2.45, 2.75) is 65.8 Å². The van der Waals surface area contributed by atoms with E-state index in [9.17, 15) is 8.42 Å². The van der Waals surface area contributed by atoms with Crippen LogP contribution in [0.2, 0.25) is 0 Å². The van der Waals surface area contributed by atoms with Crippen molar-refractivity contribution < 1.29 is 8.42 Å². The fourth-order valence-corrected chi connectivity index (χ4v) is 3.37. The Morgan fingerprint density at radius 1 is 1.24 bits per heavy atom. The zero-order chi connectivity index (χ0) is 16.2. The molecule has 122 valence electrons. The molecule has 0 spiro atoms. The second-order valence-electron chi connectivity index (χ2n) is 5.90. The summed E-state index contributed by atoms with van der Waals surface area (Å²) < 4.78 is 25.7. The van der Waals surface area contributed by atoms with Crippen molar-refractivity contribution in [2.24, 2.45) is 0 Å². The number of hydrogen-bond donors (Lipinski definition) is 1. The average molecular weight is 315 g/mol. The van der Waals surface area contributed by atoms with E-state index in [-0.39, 0.29) is 17.0 Å². The average Bonchev–Trinajstić information content (AvgIpc) is 2.68. The van der Waals surface area contributed by atoms with Gasteiger partial charge in [-0.1, -0.05) is 6.92 Å². The maximum Gasteiger partial charge on any atom is 0.154 e. The van der Waals surface area contributed by atoms with Crippen molar-refractivity contribution >= 4 is 9.84 Å². The van der Waals surface area contributed by atoms with Crippen LogP contribution >= 0.6 is 0 Å². The molecule has 0 saturated heterocycles. The van der Waals surface area contributed by atoms with E-state index < -0.39 is 9.84 Å². The summed E-state index contributed by atoms with van der Waals surface area (Å²) in [6.07, 6.45) is 1.09. The van der Waals surface area contributed by atoms with Crippen LogP contribution in [-0.2, 0) is 16.4 Å². The van der Waals surface area contributed by atoms with Gasteiger partial charge in [0.15, 0.2) is 9.84 Å². The monoisotopic (exact) mass is 315 g/mol. The smallest absolute Gasteiger partial charge is 0.154 e. The lowest BCUT2D eigenvalue weighted by molar-refractivity contribution is 0.559. The number of hydrogen-bond acceptors (Lipinski definition) is 4. The van der Waals surface area contributed by atoms with Gasteiger partial charge in [-0.25, -0.2) is 8.42 Å². The minimum Gasteiger partial charge on any atom is -0.310 e. The Morgan fingerprint density at radius 3 is 2.38 bits per heavy atom. The molecule has 0 fully saturated rings. The molecule has 1 atom stereocenters. The van der Waals surface area contributed by atoms with Crippen LogP contribution in [0, 0.1) is 13.8 Å². The summed E-state index contributed by atoms with van der Waals surface area (Å²) in [5, 5.41) is 7.64. The van der Waals surface area contributed by atoms with Gasteiger partial charge in [-0.3, -0.25) is 4.68 Å². The van der Waals surface area contributed by atoms with Crippen LogP contribution in [-0.4, -0.2) is 35.7 Å². The zero-order valence-electron chi connectivity index (χ0n) is 14.1. The molecule has 0 radical (unpaired) electrons. The van der Waals surface area contributed by atoms with Crippen molar-refractivity contribution in [1.29, 1.82) is 0 Å². The molecule has 0 amide bonds. The molecule has 21 heavy (non-hydrogen) atoms. The lowest BCUT2D eigenvalue weighted by atomic mass is 10.1. The quantitative estimate of drug-likeness (QED) is 0.800. The first-order chi connectivity index (χ1) is 9.70. The molecule has 1 heterocycles. The van der Waals surface area contributed by atoms with Crippen molar-refractivity contribution in [3.8, 4) is 0 Å². The van der Waals surface area contributed by atoms with Gasteiger partial charge in [0.25, 0.3) is 0 Å². The van der Waals surface area contributed by atoms with Crippen LogP contribution < -0.4 is 5.32 Å². The van der Waals surface area contributed by atoms with Gasteiger partial charge in [-0.05, 0) is 47.6 Å². The summed E-state index contributed by atoms with van der Waals surface area (Å²) in [5.74, 6) is 0.142. The van der Waals surface area contributed by atoms with Crippen LogP contribution in [0.5, 0.6) is 0 Å². The summed E-state index contributed by atoms with van der Waals surface area (Å²) in [5.41, 5.74) is 3.22. The fraction of sp³-hybridized carbons (Fsp3) is 0.800. The highest BCUT2D eigenvalue weighted by molar-refractivity contribution is 7.91. The normalized spacial score (nSPS) is 13.9. The second kappa shape index (κ2) is 7.40. The Kier molecular flexibility index (Phi) is 6.41. The third-order valence-corrected chi connectivity index (χ3v) is 6.06. The SMILES string of the molecule is CCCNC(C)c1c(C)nn(CCS(=O)(=O)C(C)C)c1C. The van der Waals surface area contributed by atoms with Gasteiger partial charge >= 0.3 is 0 Å². The Balaban J connectivity index is 2.87. The highest BCUT2D eigenvalue weighted by Gasteiger charge is 2.20. The Bertz CT molecular complexity index is 562. The van der Waals surface area contributed by atoms with E-state index in [1.807, 2.05) is 18.5 Å². The standard InChI is InChI=1S/C15H29N3O2S/c1-7-8-16-12(4)15-13(5)17-18(14(15)6)9-10-21(19,20)11(2)3/h11-12,16H,7-10H2,1-6H3. The molecule has 1 aromatic heterocycles. The van der Waals surface area contributed by atoms with Crippen LogP contribution in [0.15, 0.2) is 0 Å². The van der Waals surface area contributed by atoms with E-state index >= 15 is 0 Å². The first-order valence-corrected chi connectivity index (χ1v) is 9.41. The van der Waals surface area contributed by atoms with E-state index in [0.717, 1.165) is 24.4 Å². The number of rotatable bonds is 8. The van der Waals surface area contributed by atoms with E-state index in [2.05, 4.69) is 24.3 Å². The Morgan fingerprint density at radius 2 is 1.86 bits per heavy atom. The summed E-state index contributed by atoms with van der Waals surface area (Å²) in [6, 6.07) is 0.236. The molecule has 1 rings (SSSR count). The van der Waals surface area contributed by atoms with Gasteiger partial charge < -0.3 is 5.32 Å². The lowest BCUT2D eigenvalue weighted by Crippen LogP contribution is -2.22. The Hall–Kier alpha value is -0.880. The van der Waals surface area contributed by atoms with Gasteiger partial charge in [0.05, 0.1) is 23.2 Å². The third kappa shape index (κ3) is 4.54. The minimum absolute atomic E-state index is 0.142. The first kappa shape index (κ1) is 18.2. The highest BCUT2D eigenvalue weighted by Crippen LogP contribution is 2.21. The molecule has 5 nitrogen and oxygen atoms in total. The topological polar surface area (TPSA) is 64.0 Å². The van der Waals surface area contributed by atoms with E-state index in [0.29, 0.717) is 6.54 Å². The van der Waals surface area contributed by atoms with Crippen molar-refractivity contribution in [3.63, 3.8) is 0 Å². The molecule has 0 bridgehead atoms. The van der Waals surface area contributed by atoms with Crippen molar-refractivity contribution in [2.75, 3.05) is 12.3 Å². The Labute approximate surface area is 129 Å². The molecule has 0 aromatic carbocycles. The summed E-state index contributed by atoms with van der Waals surface area (Å²) in [6.45, 7) is 13.1. The molecule has 1 unspecified atom stereocenters. The predicted octanol–water partition coefficient (Wildman–Crippen LogP) is 2.38. The second-order valence-corrected chi connectivity index (χ2v) is 8.58. The molecule has 0 aliphatic carbocycles. The van der Waals surface area contributed by atoms with Gasteiger partial charge in [0.2, 0.25) is 0 Å². The molecular weight excluding hydrogens is 286 g/mol. The minimum atomic E-state index is -3.03. The van der Waals surface area contributed by atoms with Gasteiger partial charge in [0, 0.05) is 17.3 Å². The molecule has 0 saturated carbocycles. The van der Waals surface area contributed by atoms with Crippen LogP contribution in [0.25, 0.3) is 0 Å². The van der Waals surface area contributed by atoms with Gasteiger partial charge in [-0.15, -0.1) is 0 Å². The fourth-order valence-electron chi connectivity index (χ4n) is 2.47. The molecule has 6 heteroatoms. The van der Waals surface area contributed by atoms with E-state index in [4.69, 9.17) is 0 Å². The van der Waals surface area contributed by atoms with Crippen LogP contribution in [0.1, 0.15) is 57.1 Å². The number of nitrogens with one attached hydrogen (secondary N) is 1. The number of sulfone groups is 1. The third-order valence-electron chi connectivity index (χ3n) is 3.88. The predicted molar refractivity (Wildman–Crippen MR) is 87.3 cm³/mol. The highest BCUT2D eigenvalue weighted by atomic mass is 32.2. The summed E-state index contributed by atoms with van der Waals surface area (Å²) in [7, 11) is -3.03. The number of aryl methyl sites for hydroxylation is 2. The largest absolute Gasteiger partial charge is 0.310 e. The van der Waals surface area contributed by atoms with E-state index in [1.54, 1.807) is 13.8 Å². The number of aromatic nitrogens is 2. The molecule has 1 N–H and O–H groups in total. The van der Waals surface area contributed by atoms with Crippen LogP contribution in [0.3, 0.4) is 0 Å². The maximum absolute atomic E-state index is 11.9. The van der Waals surface area contributed by atoms with Gasteiger partial charge in [-0.2, -0.15) is 5.10 Å². The zero-order valence-corrected chi connectivity index (χ0v) is 14.9. The van der Waals surface area contributed by atoms with Gasteiger partial charge in [0.1, 0.15) is 0 Å². The molecule has 0 aliphatic rings. The van der Waals surface area contributed by atoms with Crippen molar-refractivity contribution in [1.82, 2.24) is 15.1 Å². The summed E-state index contributed by atoms with van der Waals surface area (Å²) >= 11 is 0. The lowest BCUT2D eigenvalue weighted by Gasteiger charge is -2.14. The van der Waals surface area contributed by atoms with Crippen LogP contribution in [0.4, 0.5) is 0 Å². The number of nitrogens with zero attached hydrogens (tertiary/aromatic N) is 2. The first-order valence-electron chi connectivity index (χ1n) is 7.69. The van der Waals surface area contributed by atoms with E-state index in [1.165, 1.54) is 5.56 Å². The molecule has 0 aliphatic heterocycles. The molecular formula is C15H29N3O2S.